The fraction of sp³-hybridized carbons (Fsp3) is 0.278. The Labute approximate surface area is 137 Å². The van der Waals surface area contributed by atoms with Crippen LogP contribution in [0.1, 0.15) is 28.3 Å². The summed E-state index contributed by atoms with van der Waals surface area (Å²) in [5.74, 6) is -0.654. The zero-order valence-corrected chi connectivity index (χ0v) is 12.8. The Balaban J connectivity index is 1.74. The molecule has 1 atom stereocenters. The Hall–Kier alpha value is -2.50. The summed E-state index contributed by atoms with van der Waals surface area (Å²) in [6.07, 6.45) is 0.745. The summed E-state index contributed by atoms with van der Waals surface area (Å²) in [6.45, 7) is -2.00. The van der Waals surface area contributed by atoms with Crippen LogP contribution in [-0.4, -0.2) is 30.5 Å². The number of halogens is 3. The molecule has 0 radical (unpaired) electrons. The predicted molar refractivity (Wildman–Crippen MR) is 82.7 cm³/mol. The zero-order chi connectivity index (χ0) is 17.1. The predicted octanol–water partition coefficient (Wildman–Crippen LogP) is 4.06. The van der Waals surface area contributed by atoms with Crippen molar-refractivity contribution < 1.29 is 22.7 Å². The van der Waals surface area contributed by atoms with Crippen LogP contribution < -0.4 is 4.74 Å². The normalized spacial score (nSPS) is 17.3. The molecule has 1 fully saturated rings. The Morgan fingerprint density at radius 3 is 2.54 bits per heavy atom. The minimum atomic E-state index is -2.98. The molecule has 0 unspecified atom stereocenters. The molecule has 0 N–H and O–H groups in total. The topological polar surface area (TPSA) is 29.5 Å². The highest BCUT2D eigenvalue weighted by Gasteiger charge is 2.29. The van der Waals surface area contributed by atoms with Gasteiger partial charge in [-0.2, -0.15) is 8.78 Å². The Morgan fingerprint density at radius 2 is 1.83 bits per heavy atom. The second kappa shape index (κ2) is 6.95. The van der Waals surface area contributed by atoms with Gasteiger partial charge in [0.1, 0.15) is 11.6 Å². The van der Waals surface area contributed by atoms with Crippen molar-refractivity contribution in [3.05, 3.63) is 65.5 Å². The van der Waals surface area contributed by atoms with E-state index in [0.717, 1.165) is 12.0 Å². The molecule has 1 heterocycles. The van der Waals surface area contributed by atoms with E-state index in [1.807, 2.05) is 0 Å². The summed E-state index contributed by atoms with van der Waals surface area (Å²) in [6, 6.07) is 12.2. The van der Waals surface area contributed by atoms with E-state index in [0.29, 0.717) is 13.1 Å². The summed E-state index contributed by atoms with van der Waals surface area (Å²) in [4.78, 5) is 14.2. The molecule has 0 saturated carbocycles. The van der Waals surface area contributed by atoms with Crippen LogP contribution >= 0.6 is 0 Å². The minimum absolute atomic E-state index is 0.109. The lowest BCUT2D eigenvalue weighted by Crippen LogP contribution is -2.29. The van der Waals surface area contributed by atoms with Gasteiger partial charge in [-0.3, -0.25) is 4.79 Å². The van der Waals surface area contributed by atoms with Gasteiger partial charge in [-0.1, -0.05) is 24.3 Å². The molecular formula is C18H16F3NO2. The summed E-state index contributed by atoms with van der Waals surface area (Å²) < 4.78 is 42.4. The maximum atomic E-state index is 13.0. The van der Waals surface area contributed by atoms with Crippen molar-refractivity contribution >= 4 is 5.91 Å². The molecule has 2 aromatic carbocycles. The molecular weight excluding hydrogens is 319 g/mol. The van der Waals surface area contributed by atoms with E-state index in [4.69, 9.17) is 0 Å². The van der Waals surface area contributed by atoms with Gasteiger partial charge in [0.15, 0.2) is 0 Å². The molecule has 1 saturated heterocycles. The molecule has 0 aromatic heterocycles. The molecule has 2 aromatic rings. The molecule has 3 rings (SSSR count). The van der Waals surface area contributed by atoms with Crippen molar-refractivity contribution in [3.8, 4) is 5.75 Å². The number of carbonyl (C=O) groups excluding carboxylic acids is 1. The molecule has 0 spiro atoms. The van der Waals surface area contributed by atoms with Crippen LogP contribution in [0.25, 0.3) is 0 Å². The first-order valence-corrected chi connectivity index (χ1v) is 7.63. The number of rotatable bonds is 4. The number of benzene rings is 2. The van der Waals surface area contributed by atoms with Crippen molar-refractivity contribution in [1.82, 2.24) is 4.90 Å². The van der Waals surface area contributed by atoms with Crippen molar-refractivity contribution in [2.24, 2.45) is 0 Å². The average molecular weight is 335 g/mol. The van der Waals surface area contributed by atoms with E-state index >= 15 is 0 Å². The van der Waals surface area contributed by atoms with Crippen molar-refractivity contribution in [2.75, 3.05) is 13.1 Å². The SMILES string of the molecule is O=C(c1ccccc1OC(F)F)N1CC[C@H](c2ccc(F)cc2)C1. The van der Waals surface area contributed by atoms with E-state index in [2.05, 4.69) is 4.74 Å². The highest BCUT2D eigenvalue weighted by atomic mass is 19.3. The van der Waals surface area contributed by atoms with E-state index in [-0.39, 0.29) is 29.0 Å². The maximum Gasteiger partial charge on any atom is 0.387 e. The lowest BCUT2D eigenvalue weighted by molar-refractivity contribution is -0.0502. The third-order valence-corrected chi connectivity index (χ3v) is 4.15. The van der Waals surface area contributed by atoms with Gasteiger partial charge in [0.2, 0.25) is 0 Å². The van der Waals surface area contributed by atoms with Crippen LogP contribution in [0.3, 0.4) is 0 Å². The van der Waals surface area contributed by atoms with Gasteiger partial charge >= 0.3 is 6.61 Å². The first-order valence-electron chi connectivity index (χ1n) is 7.63. The zero-order valence-electron chi connectivity index (χ0n) is 12.8. The molecule has 6 heteroatoms. The number of nitrogens with zero attached hydrogens (tertiary/aromatic N) is 1. The molecule has 0 aliphatic carbocycles. The number of hydrogen-bond donors (Lipinski definition) is 0. The Bertz CT molecular complexity index is 718. The van der Waals surface area contributed by atoms with Crippen LogP contribution in [0, 0.1) is 5.82 Å². The lowest BCUT2D eigenvalue weighted by Gasteiger charge is -2.18. The fourth-order valence-electron chi connectivity index (χ4n) is 2.96. The van der Waals surface area contributed by atoms with Crippen LogP contribution in [0.5, 0.6) is 5.75 Å². The van der Waals surface area contributed by atoms with Gasteiger partial charge in [-0.25, -0.2) is 4.39 Å². The van der Waals surface area contributed by atoms with E-state index in [1.165, 1.54) is 24.3 Å². The quantitative estimate of drug-likeness (QED) is 0.843. The number of likely N-dealkylation sites (tertiary alicyclic amines) is 1. The highest BCUT2D eigenvalue weighted by molar-refractivity contribution is 5.97. The molecule has 126 valence electrons. The summed E-state index contributed by atoms with van der Waals surface area (Å²) in [7, 11) is 0. The molecule has 3 nitrogen and oxygen atoms in total. The lowest BCUT2D eigenvalue weighted by atomic mass is 9.98. The number of alkyl halides is 2. The van der Waals surface area contributed by atoms with Crippen molar-refractivity contribution in [2.45, 2.75) is 19.0 Å². The number of ether oxygens (including phenoxy) is 1. The van der Waals surface area contributed by atoms with E-state index < -0.39 is 6.61 Å². The number of carbonyl (C=O) groups is 1. The minimum Gasteiger partial charge on any atom is -0.434 e. The molecule has 1 aliphatic heterocycles. The van der Waals surface area contributed by atoms with Crippen LogP contribution in [0.4, 0.5) is 13.2 Å². The molecule has 1 amide bonds. The second-order valence-corrected chi connectivity index (χ2v) is 5.66. The van der Waals surface area contributed by atoms with Gasteiger partial charge in [0.25, 0.3) is 5.91 Å². The Morgan fingerprint density at radius 1 is 1.12 bits per heavy atom. The van der Waals surface area contributed by atoms with Gasteiger partial charge in [0, 0.05) is 19.0 Å². The molecule has 1 aliphatic rings. The maximum absolute atomic E-state index is 13.0. The van der Waals surface area contributed by atoms with E-state index in [9.17, 15) is 18.0 Å². The first kappa shape index (κ1) is 16.4. The molecule has 0 bridgehead atoms. The smallest absolute Gasteiger partial charge is 0.387 e. The van der Waals surface area contributed by atoms with Gasteiger partial charge in [-0.15, -0.1) is 0 Å². The van der Waals surface area contributed by atoms with E-state index in [1.54, 1.807) is 29.2 Å². The van der Waals surface area contributed by atoms with Gasteiger partial charge in [0.05, 0.1) is 5.56 Å². The fourth-order valence-corrected chi connectivity index (χ4v) is 2.96. The van der Waals surface area contributed by atoms with Crippen LogP contribution in [-0.2, 0) is 0 Å². The highest BCUT2D eigenvalue weighted by Crippen LogP contribution is 2.30. The number of hydrogen-bond acceptors (Lipinski definition) is 2. The summed E-state index contributed by atoms with van der Waals surface area (Å²) in [5.41, 5.74) is 1.08. The van der Waals surface area contributed by atoms with Gasteiger partial charge < -0.3 is 9.64 Å². The average Bonchev–Trinajstić information content (AvgIpc) is 3.05. The van der Waals surface area contributed by atoms with Crippen molar-refractivity contribution in [3.63, 3.8) is 0 Å². The largest absolute Gasteiger partial charge is 0.434 e. The van der Waals surface area contributed by atoms with Crippen molar-refractivity contribution in [1.29, 1.82) is 0 Å². The second-order valence-electron chi connectivity index (χ2n) is 5.66. The Kier molecular flexibility index (Phi) is 4.74. The third kappa shape index (κ3) is 3.53. The van der Waals surface area contributed by atoms with Crippen LogP contribution in [0.15, 0.2) is 48.5 Å². The summed E-state index contributed by atoms with van der Waals surface area (Å²) in [5, 5.41) is 0. The third-order valence-electron chi connectivity index (χ3n) is 4.15. The number of amides is 1. The molecule has 24 heavy (non-hydrogen) atoms. The monoisotopic (exact) mass is 335 g/mol. The van der Waals surface area contributed by atoms with Gasteiger partial charge in [-0.05, 0) is 36.2 Å². The van der Waals surface area contributed by atoms with Crippen LogP contribution in [0.2, 0.25) is 0 Å². The number of para-hydroxylation sites is 1. The summed E-state index contributed by atoms with van der Waals surface area (Å²) >= 11 is 0. The first-order chi connectivity index (χ1) is 11.5. The standard InChI is InChI=1S/C18H16F3NO2/c19-14-7-5-12(6-8-14)13-9-10-22(11-13)17(23)15-3-1-2-4-16(15)24-18(20)21/h1-8,13,18H,9-11H2/t13-/m0/s1.